The first-order valence-corrected chi connectivity index (χ1v) is 5.44. The van der Waals surface area contributed by atoms with Crippen molar-refractivity contribution >= 4 is 17.4 Å². The van der Waals surface area contributed by atoms with Crippen LogP contribution >= 0.6 is 0 Å². The van der Waals surface area contributed by atoms with E-state index in [1.807, 2.05) is 31.2 Å². The first-order valence-electron chi connectivity index (χ1n) is 5.44. The van der Waals surface area contributed by atoms with Gasteiger partial charge in [-0.3, -0.25) is 4.79 Å². The van der Waals surface area contributed by atoms with Gasteiger partial charge in [-0.05, 0) is 37.5 Å². The lowest BCUT2D eigenvalue weighted by Crippen LogP contribution is -2.36. The number of carbonyl (C=O) groups excluding carboxylic acids is 1. The molecule has 0 unspecified atom stereocenters. The van der Waals surface area contributed by atoms with Gasteiger partial charge >= 0.3 is 0 Å². The number of aryl methyl sites for hydroxylation is 1. The van der Waals surface area contributed by atoms with E-state index in [1.165, 1.54) is 0 Å². The van der Waals surface area contributed by atoms with Crippen molar-refractivity contribution in [2.45, 2.75) is 19.8 Å². The minimum atomic E-state index is -0.807. The molecule has 90 valence electrons. The van der Waals surface area contributed by atoms with Crippen LogP contribution in [-0.2, 0) is 4.79 Å². The van der Waals surface area contributed by atoms with E-state index in [4.69, 9.17) is 10.9 Å². The Balaban J connectivity index is 2.13. The molecule has 1 saturated carbocycles. The van der Waals surface area contributed by atoms with Crippen LogP contribution in [0.5, 0.6) is 0 Å². The van der Waals surface area contributed by atoms with E-state index < -0.39 is 5.41 Å². The molecule has 0 aromatic heterocycles. The quantitative estimate of drug-likeness (QED) is 0.319. The van der Waals surface area contributed by atoms with Gasteiger partial charge in [-0.25, -0.2) is 0 Å². The van der Waals surface area contributed by atoms with Crippen LogP contribution in [0.4, 0.5) is 5.69 Å². The molecule has 1 aliphatic rings. The first kappa shape index (κ1) is 11.4. The summed E-state index contributed by atoms with van der Waals surface area (Å²) in [5, 5.41) is 14.4. The second-order valence-electron chi connectivity index (χ2n) is 4.39. The zero-order valence-electron chi connectivity index (χ0n) is 9.60. The van der Waals surface area contributed by atoms with Crippen molar-refractivity contribution in [3.63, 3.8) is 0 Å². The van der Waals surface area contributed by atoms with Crippen LogP contribution in [0.3, 0.4) is 0 Å². The number of carbonyl (C=O) groups is 1. The molecule has 4 N–H and O–H groups in total. The number of amidine groups is 1. The average molecular weight is 233 g/mol. The van der Waals surface area contributed by atoms with Crippen LogP contribution in [-0.4, -0.2) is 17.0 Å². The number of oxime groups is 1. The van der Waals surface area contributed by atoms with Crippen LogP contribution in [0, 0.1) is 12.3 Å². The highest BCUT2D eigenvalue weighted by Crippen LogP contribution is 2.46. The molecule has 0 heterocycles. The number of nitrogens with zero attached hydrogens (tertiary/aromatic N) is 1. The number of amides is 1. The molecule has 5 heteroatoms. The Hall–Kier alpha value is -2.04. The zero-order chi connectivity index (χ0) is 12.5. The van der Waals surface area contributed by atoms with Gasteiger partial charge in [-0.15, -0.1) is 0 Å². The summed E-state index contributed by atoms with van der Waals surface area (Å²) >= 11 is 0. The lowest BCUT2D eigenvalue weighted by atomic mass is 10.0. The van der Waals surface area contributed by atoms with E-state index in [0.29, 0.717) is 12.8 Å². The minimum Gasteiger partial charge on any atom is -0.409 e. The van der Waals surface area contributed by atoms with E-state index in [-0.39, 0.29) is 11.7 Å². The predicted octanol–water partition coefficient (Wildman–Crippen LogP) is 1.46. The number of hydrogen-bond donors (Lipinski definition) is 3. The molecule has 0 saturated heterocycles. The van der Waals surface area contributed by atoms with E-state index in [2.05, 4.69) is 10.5 Å². The fourth-order valence-corrected chi connectivity index (χ4v) is 1.79. The molecule has 1 amide bonds. The van der Waals surface area contributed by atoms with Gasteiger partial charge < -0.3 is 16.3 Å². The fourth-order valence-electron chi connectivity index (χ4n) is 1.79. The van der Waals surface area contributed by atoms with E-state index in [0.717, 1.165) is 11.3 Å². The molecule has 1 aliphatic carbocycles. The first-order chi connectivity index (χ1) is 8.08. The van der Waals surface area contributed by atoms with Gasteiger partial charge in [0.2, 0.25) is 5.91 Å². The minimum absolute atomic E-state index is 0.0114. The SMILES string of the molecule is Cc1cccc(NC(=O)C2(/C(N)=N/O)CC2)c1. The highest BCUT2D eigenvalue weighted by Gasteiger charge is 2.54. The summed E-state index contributed by atoms with van der Waals surface area (Å²) in [5.41, 5.74) is 6.52. The van der Waals surface area contributed by atoms with Crippen molar-refractivity contribution in [2.24, 2.45) is 16.3 Å². The molecule has 0 atom stereocenters. The molecule has 0 aliphatic heterocycles. The molecule has 5 nitrogen and oxygen atoms in total. The van der Waals surface area contributed by atoms with Gasteiger partial charge in [0.25, 0.3) is 0 Å². The van der Waals surface area contributed by atoms with Crippen LogP contribution in [0.25, 0.3) is 0 Å². The van der Waals surface area contributed by atoms with E-state index in [9.17, 15) is 4.79 Å². The monoisotopic (exact) mass is 233 g/mol. The lowest BCUT2D eigenvalue weighted by molar-refractivity contribution is -0.119. The summed E-state index contributed by atoms with van der Waals surface area (Å²) in [6.45, 7) is 1.95. The Kier molecular flexibility index (Phi) is 2.75. The lowest BCUT2D eigenvalue weighted by Gasteiger charge is -2.13. The van der Waals surface area contributed by atoms with Crippen LogP contribution < -0.4 is 11.1 Å². The van der Waals surface area contributed by atoms with Crippen molar-refractivity contribution in [2.75, 3.05) is 5.32 Å². The van der Waals surface area contributed by atoms with E-state index >= 15 is 0 Å². The van der Waals surface area contributed by atoms with Gasteiger partial charge in [0, 0.05) is 5.69 Å². The second-order valence-corrected chi connectivity index (χ2v) is 4.39. The molecule has 2 rings (SSSR count). The Morgan fingerprint density at radius 2 is 2.24 bits per heavy atom. The van der Waals surface area contributed by atoms with Crippen molar-refractivity contribution < 1.29 is 10.0 Å². The van der Waals surface area contributed by atoms with Gasteiger partial charge in [-0.1, -0.05) is 17.3 Å². The molecule has 1 fully saturated rings. The van der Waals surface area contributed by atoms with Crippen LogP contribution in [0.2, 0.25) is 0 Å². The maximum absolute atomic E-state index is 12.0. The topological polar surface area (TPSA) is 87.7 Å². The number of anilines is 1. The Morgan fingerprint density at radius 1 is 1.53 bits per heavy atom. The molecule has 1 aromatic rings. The molecule has 1 aromatic carbocycles. The third-order valence-electron chi connectivity index (χ3n) is 3.06. The number of benzene rings is 1. The normalized spacial score (nSPS) is 17.6. The standard InChI is InChI=1S/C12H15N3O2/c1-8-3-2-4-9(7-8)14-11(16)12(5-6-12)10(13)15-17/h2-4,7,17H,5-6H2,1H3,(H2,13,15)(H,14,16). The average Bonchev–Trinajstić information content (AvgIpc) is 3.09. The van der Waals surface area contributed by atoms with Crippen molar-refractivity contribution in [1.29, 1.82) is 0 Å². The summed E-state index contributed by atoms with van der Waals surface area (Å²) in [5.74, 6) is -0.221. The summed E-state index contributed by atoms with van der Waals surface area (Å²) in [6, 6.07) is 7.51. The van der Waals surface area contributed by atoms with Crippen molar-refractivity contribution in [1.82, 2.24) is 0 Å². The van der Waals surface area contributed by atoms with Gasteiger partial charge in [0.05, 0.1) is 0 Å². The molecular weight excluding hydrogens is 218 g/mol. The number of rotatable bonds is 3. The maximum atomic E-state index is 12.0. The molecule has 0 spiro atoms. The zero-order valence-corrected chi connectivity index (χ0v) is 9.60. The van der Waals surface area contributed by atoms with Crippen molar-refractivity contribution in [3.8, 4) is 0 Å². The molecule has 0 radical (unpaired) electrons. The number of hydrogen-bond acceptors (Lipinski definition) is 3. The third-order valence-corrected chi connectivity index (χ3v) is 3.06. The highest BCUT2D eigenvalue weighted by molar-refractivity contribution is 6.14. The molecular formula is C12H15N3O2. The second kappa shape index (κ2) is 4.08. The maximum Gasteiger partial charge on any atom is 0.238 e. The van der Waals surface area contributed by atoms with Gasteiger partial charge in [0.15, 0.2) is 5.84 Å². The van der Waals surface area contributed by atoms with E-state index in [1.54, 1.807) is 0 Å². The fraction of sp³-hybridized carbons (Fsp3) is 0.333. The molecule has 17 heavy (non-hydrogen) atoms. The highest BCUT2D eigenvalue weighted by atomic mass is 16.4. The number of nitrogens with two attached hydrogens (primary N) is 1. The summed E-state index contributed by atoms with van der Waals surface area (Å²) in [7, 11) is 0. The number of nitrogens with one attached hydrogen (secondary N) is 1. The summed E-state index contributed by atoms with van der Waals surface area (Å²) < 4.78 is 0. The largest absolute Gasteiger partial charge is 0.409 e. The van der Waals surface area contributed by atoms with Gasteiger partial charge in [0.1, 0.15) is 5.41 Å². The Morgan fingerprint density at radius 3 is 2.76 bits per heavy atom. The Bertz CT molecular complexity index is 478. The van der Waals surface area contributed by atoms with Crippen LogP contribution in [0.15, 0.2) is 29.4 Å². The van der Waals surface area contributed by atoms with Crippen LogP contribution in [0.1, 0.15) is 18.4 Å². The summed E-state index contributed by atoms with van der Waals surface area (Å²) in [6.07, 6.45) is 1.25. The third kappa shape index (κ3) is 2.08. The van der Waals surface area contributed by atoms with Crippen molar-refractivity contribution in [3.05, 3.63) is 29.8 Å². The smallest absolute Gasteiger partial charge is 0.238 e. The predicted molar refractivity (Wildman–Crippen MR) is 64.9 cm³/mol. The Labute approximate surface area is 99.3 Å². The summed E-state index contributed by atoms with van der Waals surface area (Å²) in [4.78, 5) is 12.0. The van der Waals surface area contributed by atoms with Gasteiger partial charge in [-0.2, -0.15) is 0 Å². The molecule has 0 bridgehead atoms.